The molecule has 1 atom stereocenters. The number of aliphatic carboxylic acids is 1. The van der Waals surface area contributed by atoms with Crippen LogP contribution in [0.5, 0.6) is 0 Å². The Morgan fingerprint density at radius 1 is 1.14 bits per heavy atom. The lowest BCUT2D eigenvalue weighted by Gasteiger charge is -2.07. The van der Waals surface area contributed by atoms with Gasteiger partial charge in [0.15, 0.2) is 0 Å². The lowest BCUT2D eigenvalue weighted by atomic mass is 10.1. The first kappa shape index (κ1) is 19.6. The Hall–Kier alpha value is -1.36. The number of carboxylic acid groups (broad SMARTS) is 1. The highest BCUT2D eigenvalue weighted by molar-refractivity contribution is 5.75. The average molecular weight is 298 g/mol. The first-order chi connectivity index (χ1) is 10.1. The van der Waals surface area contributed by atoms with Crippen LogP contribution in [0.1, 0.15) is 64.7 Å². The normalized spacial score (nSPS) is 12.5. The van der Waals surface area contributed by atoms with Gasteiger partial charge >= 0.3 is 5.97 Å². The number of carbonyl (C=O) groups is 2. The van der Waals surface area contributed by atoms with Crippen LogP contribution in [0, 0.1) is 0 Å². The highest BCUT2D eigenvalue weighted by Crippen LogP contribution is 2.04. The summed E-state index contributed by atoms with van der Waals surface area (Å²) in [5.41, 5.74) is 5.39. The molecule has 0 aromatic carbocycles. The molecule has 0 saturated heterocycles. The van der Waals surface area contributed by atoms with Gasteiger partial charge in [0.25, 0.3) is 0 Å². The molecule has 5 heteroatoms. The molecule has 5 nitrogen and oxygen atoms in total. The van der Waals surface area contributed by atoms with Gasteiger partial charge in [0.1, 0.15) is 6.04 Å². The van der Waals surface area contributed by atoms with Gasteiger partial charge in [0.05, 0.1) is 0 Å². The molecule has 0 unspecified atom stereocenters. The average Bonchev–Trinajstić information content (AvgIpc) is 2.45. The van der Waals surface area contributed by atoms with Gasteiger partial charge in [0, 0.05) is 13.0 Å². The molecular weight excluding hydrogens is 268 g/mol. The summed E-state index contributed by atoms with van der Waals surface area (Å²) >= 11 is 0. The molecule has 0 spiro atoms. The van der Waals surface area contributed by atoms with E-state index in [0.29, 0.717) is 19.4 Å². The van der Waals surface area contributed by atoms with Crippen molar-refractivity contribution in [3.8, 4) is 0 Å². The second-order valence-corrected chi connectivity index (χ2v) is 5.27. The number of hydrogen-bond donors (Lipinski definition) is 3. The molecule has 0 aromatic heterocycles. The predicted molar refractivity (Wildman–Crippen MR) is 85.0 cm³/mol. The van der Waals surface area contributed by atoms with Gasteiger partial charge in [-0.3, -0.25) is 9.59 Å². The molecular formula is C16H30N2O3. The van der Waals surface area contributed by atoms with E-state index < -0.39 is 12.0 Å². The van der Waals surface area contributed by atoms with Crippen LogP contribution in [0.15, 0.2) is 12.2 Å². The van der Waals surface area contributed by atoms with Crippen molar-refractivity contribution in [3.05, 3.63) is 12.2 Å². The van der Waals surface area contributed by atoms with E-state index in [-0.39, 0.29) is 5.91 Å². The van der Waals surface area contributed by atoms with Crippen LogP contribution in [0.2, 0.25) is 0 Å². The molecule has 0 saturated carbocycles. The summed E-state index contributed by atoms with van der Waals surface area (Å²) in [6.45, 7) is 2.72. The Kier molecular flexibility index (Phi) is 12.7. The number of allylic oxidation sites excluding steroid dienone is 2. The molecule has 0 aromatic rings. The van der Waals surface area contributed by atoms with Crippen LogP contribution in [0.25, 0.3) is 0 Å². The lowest BCUT2D eigenvalue weighted by molar-refractivity contribution is -0.138. The van der Waals surface area contributed by atoms with Gasteiger partial charge in [-0.1, -0.05) is 25.5 Å². The van der Waals surface area contributed by atoms with Crippen molar-refractivity contribution in [2.75, 3.05) is 6.54 Å². The van der Waals surface area contributed by atoms with Gasteiger partial charge in [-0.05, 0) is 44.9 Å². The van der Waals surface area contributed by atoms with Crippen molar-refractivity contribution in [1.82, 2.24) is 5.32 Å². The third kappa shape index (κ3) is 13.4. The maximum absolute atomic E-state index is 11.5. The van der Waals surface area contributed by atoms with Crippen molar-refractivity contribution in [2.45, 2.75) is 70.8 Å². The number of carbonyl (C=O) groups excluding carboxylic acids is 1. The molecule has 4 N–H and O–H groups in total. The summed E-state index contributed by atoms with van der Waals surface area (Å²) in [6, 6.07) is -0.789. The third-order valence-electron chi connectivity index (χ3n) is 3.26. The van der Waals surface area contributed by atoms with Crippen molar-refractivity contribution >= 4 is 11.9 Å². The minimum Gasteiger partial charge on any atom is -0.480 e. The number of carboxylic acids is 1. The van der Waals surface area contributed by atoms with E-state index in [2.05, 4.69) is 24.4 Å². The van der Waals surface area contributed by atoms with E-state index in [1.165, 1.54) is 0 Å². The first-order valence-corrected chi connectivity index (χ1v) is 7.98. The SMILES string of the molecule is CC/C=C/CCCCCC(=O)NCCCC[C@H](N)C(=O)O. The molecule has 0 aliphatic heterocycles. The summed E-state index contributed by atoms with van der Waals surface area (Å²) in [5.74, 6) is -0.880. The minimum atomic E-state index is -0.965. The zero-order chi connectivity index (χ0) is 15.9. The number of rotatable bonds is 13. The standard InChI is InChI=1S/C16H30N2O3/c1-2-3-4-5-6-7-8-12-15(19)18-13-10-9-11-14(17)16(20)21/h3-4,14H,2,5-13,17H2,1H3,(H,18,19)(H,20,21)/b4-3+/t14-/m0/s1. The van der Waals surface area contributed by atoms with E-state index >= 15 is 0 Å². The molecule has 0 bridgehead atoms. The zero-order valence-electron chi connectivity index (χ0n) is 13.1. The molecule has 0 aliphatic carbocycles. The summed E-state index contributed by atoms with van der Waals surface area (Å²) in [4.78, 5) is 22.0. The summed E-state index contributed by atoms with van der Waals surface area (Å²) < 4.78 is 0. The highest BCUT2D eigenvalue weighted by Gasteiger charge is 2.10. The molecule has 1 amide bonds. The van der Waals surface area contributed by atoms with Crippen LogP contribution in [-0.2, 0) is 9.59 Å². The van der Waals surface area contributed by atoms with Gasteiger partial charge in [-0.25, -0.2) is 0 Å². The van der Waals surface area contributed by atoms with Crippen molar-refractivity contribution < 1.29 is 14.7 Å². The molecule has 0 fully saturated rings. The van der Waals surface area contributed by atoms with Crippen LogP contribution < -0.4 is 11.1 Å². The Bertz CT molecular complexity index is 317. The molecule has 0 rings (SSSR count). The van der Waals surface area contributed by atoms with Gasteiger partial charge in [0.2, 0.25) is 5.91 Å². The molecule has 21 heavy (non-hydrogen) atoms. The summed E-state index contributed by atoms with van der Waals surface area (Å²) in [5, 5.41) is 11.5. The van der Waals surface area contributed by atoms with Crippen molar-refractivity contribution in [2.24, 2.45) is 5.73 Å². The topological polar surface area (TPSA) is 92.4 Å². The van der Waals surface area contributed by atoms with E-state index in [0.717, 1.165) is 44.9 Å². The number of hydrogen-bond acceptors (Lipinski definition) is 3. The fraction of sp³-hybridized carbons (Fsp3) is 0.750. The lowest BCUT2D eigenvalue weighted by Crippen LogP contribution is -2.30. The quantitative estimate of drug-likeness (QED) is 0.360. The fourth-order valence-corrected chi connectivity index (χ4v) is 1.94. The summed E-state index contributed by atoms with van der Waals surface area (Å²) in [6.07, 6.45) is 12.2. The van der Waals surface area contributed by atoms with E-state index in [1.54, 1.807) is 0 Å². The fourth-order valence-electron chi connectivity index (χ4n) is 1.94. The van der Waals surface area contributed by atoms with Gasteiger partial charge in [-0.15, -0.1) is 0 Å². The third-order valence-corrected chi connectivity index (χ3v) is 3.26. The Balaban J connectivity index is 3.35. The highest BCUT2D eigenvalue weighted by atomic mass is 16.4. The molecule has 0 aliphatic rings. The van der Waals surface area contributed by atoms with Crippen molar-refractivity contribution in [1.29, 1.82) is 0 Å². The van der Waals surface area contributed by atoms with Crippen LogP contribution in [0.4, 0.5) is 0 Å². The van der Waals surface area contributed by atoms with Crippen LogP contribution in [0.3, 0.4) is 0 Å². The zero-order valence-corrected chi connectivity index (χ0v) is 13.1. The molecule has 122 valence electrons. The smallest absolute Gasteiger partial charge is 0.320 e. The second-order valence-electron chi connectivity index (χ2n) is 5.27. The molecule has 0 radical (unpaired) electrons. The number of nitrogens with two attached hydrogens (primary N) is 1. The Labute approximate surface area is 128 Å². The maximum atomic E-state index is 11.5. The largest absolute Gasteiger partial charge is 0.480 e. The molecule has 0 heterocycles. The van der Waals surface area contributed by atoms with Gasteiger partial charge < -0.3 is 16.2 Å². The Morgan fingerprint density at radius 3 is 2.57 bits per heavy atom. The van der Waals surface area contributed by atoms with E-state index in [4.69, 9.17) is 10.8 Å². The first-order valence-electron chi connectivity index (χ1n) is 7.98. The van der Waals surface area contributed by atoms with Crippen LogP contribution in [-0.4, -0.2) is 29.6 Å². The van der Waals surface area contributed by atoms with Gasteiger partial charge in [-0.2, -0.15) is 0 Å². The van der Waals surface area contributed by atoms with Crippen LogP contribution >= 0.6 is 0 Å². The van der Waals surface area contributed by atoms with E-state index in [1.807, 2.05) is 0 Å². The van der Waals surface area contributed by atoms with E-state index in [9.17, 15) is 9.59 Å². The summed E-state index contributed by atoms with van der Waals surface area (Å²) in [7, 11) is 0. The Morgan fingerprint density at radius 2 is 1.90 bits per heavy atom. The maximum Gasteiger partial charge on any atom is 0.320 e. The number of amides is 1. The second kappa shape index (κ2) is 13.6. The predicted octanol–water partition coefficient (Wildman–Crippen LogP) is 2.60. The van der Waals surface area contributed by atoms with Crippen molar-refractivity contribution in [3.63, 3.8) is 0 Å². The monoisotopic (exact) mass is 298 g/mol. The minimum absolute atomic E-state index is 0.0848. The number of unbranched alkanes of at least 4 members (excludes halogenated alkanes) is 4. The number of nitrogens with one attached hydrogen (secondary N) is 1.